The molecule has 0 saturated heterocycles. The van der Waals surface area contributed by atoms with Crippen molar-refractivity contribution in [1.29, 1.82) is 0 Å². The summed E-state index contributed by atoms with van der Waals surface area (Å²) < 4.78 is 0. The number of H-pyrrole nitrogens is 1. The fraction of sp³-hybridized carbons (Fsp3) is 0.214. The van der Waals surface area contributed by atoms with Gasteiger partial charge in [-0.2, -0.15) is 5.10 Å². The molecule has 0 spiro atoms. The van der Waals surface area contributed by atoms with Crippen molar-refractivity contribution < 1.29 is 14.7 Å². The van der Waals surface area contributed by atoms with E-state index < -0.39 is 11.9 Å². The smallest absolute Gasteiger partial charge is 0.312 e. The average molecular weight is 271 g/mol. The quantitative estimate of drug-likeness (QED) is 0.860. The number of carbonyl (C=O) groups is 2. The molecule has 0 bridgehead atoms. The lowest BCUT2D eigenvalue weighted by atomic mass is 9.89. The lowest BCUT2D eigenvalue weighted by Gasteiger charge is -2.32. The summed E-state index contributed by atoms with van der Waals surface area (Å²) in [5.74, 6) is -1.81. The largest absolute Gasteiger partial charge is 0.481 e. The first-order valence-electron chi connectivity index (χ1n) is 6.25. The number of benzene rings is 1. The third-order valence-corrected chi connectivity index (χ3v) is 3.53. The monoisotopic (exact) mass is 271 g/mol. The topological polar surface area (TPSA) is 86.3 Å². The minimum atomic E-state index is -0.915. The summed E-state index contributed by atoms with van der Waals surface area (Å²) in [6, 6.07) is 7.35. The maximum absolute atomic E-state index is 12.3. The Morgan fingerprint density at radius 3 is 2.85 bits per heavy atom. The van der Waals surface area contributed by atoms with Gasteiger partial charge < -0.3 is 10.0 Å². The number of carboxylic acids is 1. The first-order valence-corrected chi connectivity index (χ1v) is 6.25. The Balaban J connectivity index is 1.94. The van der Waals surface area contributed by atoms with Crippen LogP contribution in [0.2, 0.25) is 0 Å². The zero-order chi connectivity index (χ0) is 14.1. The van der Waals surface area contributed by atoms with Crippen molar-refractivity contribution in [2.45, 2.75) is 12.5 Å². The second kappa shape index (κ2) is 4.80. The zero-order valence-electron chi connectivity index (χ0n) is 10.6. The van der Waals surface area contributed by atoms with Gasteiger partial charge in [-0.3, -0.25) is 14.7 Å². The Morgan fingerprint density at radius 1 is 1.35 bits per heavy atom. The fourth-order valence-corrected chi connectivity index (χ4v) is 2.52. The van der Waals surface area contributed by atoms with E-state index in [0.717, 1.165) is 11.1 Å². The summed E-state index contributed by atoms with van der Waals surface area (Å²) in [5, 5.41) is 15.7. The Morgan fingerprint density at radius 2 is 2.15 bits per heavy atom. The SMILES string of the molecule is O=C(O)C1CN(C(=O)c2cn[nH]c2)Cc2ccccc21. The van der Waals surface area contributed by atoms with E-state index in [2.05, 4.69) is 10.2 Å². The van der Waals surface area contributed by atoms with E-state index in [1.807, 2.05) is 24.3 Å². The number of nitrogens with zero attached hydrogens (tertiary/aromatic N) is 2. The summed E-state index contributed by atoms with van der Waals surface area (Å²) in [4.78, 5) is 25.3. The number of carboxylic acid groups (broad SMARTS) is 1. The van der Waals surface area contributed by atoms with E-state index in [-0.39, 0.29) is 12.5 Å². The molecule has 1 aromatic carbocycles. The van der Waals surface area contributed by atoms with E-state index in [0.29, 0.717) is 12.1 Å². The number of amides is 1. The van der Waals surface area contributed by atoms with Gasteiger partial charge in [-0.15, -0.1) is 0 Å². The number of rotatable bonds is 2. The summed E-state index contributed by atoms with van der Waals surface area (Å²) in [7, 11) is 0. The van der Waals surface area contributed by atoms with Crippen LogP contribution in [0.25, 0.3) is 0 Å². The van der Waals surface area contributed by atoms with Crippen molar-refractivity contribution in [1.82, 2.24) is 15.1 Å². The molecule has 1 aliphatic heterocycles. The van der Waals surface area contributed by atoms with Crippen LogP contribution in [0.15, 0.2) is 36.7 Å². The molecule has 1 atom stereocenters. The summed E-state index contributed by atoms with van der Waals surface area (Å²) in [6.45, 7) is 0.598. The molecule has 102 valence electrons. The minimum absolute atomic E-state index is 0.177. The van der Waals surface area contributed by atoms with Crippen molar-refractivity contribution in [2.75, 3.05) is 6.54 Å². The molecule has 2 heterocycles. The highest BCUT2D eigenvalue weighted by molar-refractivity contribution is 5.94. The van der Waals surface area contributed by atoms with Crippen molar-refractivity contribution >= 4 is 11.9 Å². The minimum Gasteiger partial charge on any atom is -0.481 e. The van der Waals surface area contributed by atoms with Gasteiger partial charge in [0.1, 0.15) is 0 Å². The van der Waals surface area contributed by atoms with Crippen LogP contribution >= 0.6 is 0 Å². The van der Waals surface area contributed by atoms with Crippen LogP contribution in [-0.4, -0.2) is 38.6 Å². The van der Waals surface area contributed by atoms with E-state index in [4.69, 9.17) is 0 Å². The van der Waals surface area contributed by atoms with Crippen LogP contribution in [0, 0.1) is 0 Å². The molecule has 1 aromatic heterocycles. The molecule has 1 unspecified atom stereocenters. The number of nitrogens with one attached hydrogen (secondary N) is 1. The summed E-state index contributed by atoms with van der Waals surface area (Å²) in [5.41, 5.74) is 2.10. The first kappa shape index (κ1) is 12.4. The van der Waals surface area contributed by atoms with Crippen LogP contribution in [0.4, 0.5) is 0 Å². The van der Waals surface area contributed by atoms with Crippen LogP contribution in [0.1, 0.15) is 27.4 Å². The third kappa shape index (κ3) is 2.05. The molecule has 3 rings (SSSR count). The van der Waals surface area contributed by atoms with Crippen molar-refractivity contribution in [3.05, 3.63) is 53.3 Å². The Kier molecular flexibility index (Phi) is 2.98. The highest BCUT2D eigenvalue weighted by atomic mass is 16.4. The molecule has 0 fully saturated rings. The predicted octanol–water partition coefficient (Wildman–Crippen LogP) is 1.23. The average Bonchev–Trinajstić information content (AvgIpc) is 2.99. The lowest BCUT2D eigenvalue weighted by Crippen LogP contribution is -2.40. The second-order valence-corrected chi connectivity index (χ2v) is 4.76. The second-order valence-electron chi connectivity index (χ2n) is 4.76. The number of aliphatic carboxylic acids is 1. The van der Waals surface area contributed by atoms with Crippen molar-refractivity contribution in [2.24, 2.45) is 0 Å². The number of hydrogen-bond donors (Lipinski definition) is 2. The molecule has 20 heavy (non-hydrogen) atoms. The molecule has 1 amide bonds. The molecule has 2 aromatic rings. The van der Waals surface area contributed by atoms with Gasteiger partial charge in [-0.25, -0.2) is 0 Å². The van der Waals surface area contributed by atoms with Crippen LogP contribution in [0.5, 0.6) is 0 Å². The predicted molar refractivity (Wildman–Crippen MR) is 70.1 cm³/mol. The maximum Gasteiger partial charge on any atom is 0.312 e. The number of aromatic amines is 1. The van der Waals surface area contributed by atoms with Crippen molar-refractivity contribution in [3.8, 4) is 0 Å². The van der Waals surface area contributed by atoms with E-state index >= 15 is 0 Å². The number of hydrogen-bond acceptors (Lipinski definition) is 3. The van der Waals surface area contributed by atoms with Crippen LogP contribution in [0.3, 0.4) is 0 Å². The van der Waals surface area contributed by atoms with Crippen LogP contribution < -0.4 is 0 Å². The number of fused-ring (bicyclic) bond motifs is 1. The molecule has 0 saturated carbocycles. The van der Waals surface area contributed by atoms with Gasteiger partial charge in [-0.05, 0) is 11.1 Å². The number of carbonyl (C=O) groups excluding carboxylic acids is 1. The van der Waals surface area contributed by atoms with Gasteiger partial charge in [0.05, 0.1) is 17.7 Å². The number of aromatic nitrogens is 2. The first-order chi connectivity index (χ1) is 9.66. The molecule has 2 N–H and O–H groups in total. The molecule has 0 aliphatic carbocycles. The highest BCUT2D eigenvalue weighted by Gasteiger charge is 2.32. The molecule has 6 heteroatoms. The van der Waals surface area contributed by atoms with Gasteiger partial charge in [0.15, 0.2) is 0 Å². The van der Waals surface area contributed by atoms with Crippen molar-refractivity contribution in [3.63, 3.8) is 0 Å². The maximum atomic E-state index is 12.3. The standard InChI is InChI=1S/C14H13N3O3/c18-13(10-5-15-16-6-10)17-7-9-3-1-2-4-11(9)12(8-17)14(19)20/h1-6,12H,7-8H2,(H,15,16)(H,19,20). The zero-order valence-corrected chi connectivity index (χ0v) is 10.6. The Bertz CT molecular complexity index is 651. The van der Waals surface area contributed by atoms with Gasteiger partial charge in [0, 0.05) is 19.3 Å². The fourth-order valence-electron chi connectivity index (χ4n) is 2.52. The molecule has 6 nitrogen and oxygen atoms in total. The molecule has 1 aliphatic rings. The van der Waals surface area contributed by atoms with Gasteiger partial charge in [-0.1, -0.05) is 24.3 Å². The molecular weight excluding hydrogens is 258 g/mol. The molecule has 0 radical (unpaired) electrons. The summed E-state index contributed by atoms with van der Waals surface area (Å²) >= 11 is 0. The van der Waals surface area contributed by atoms with E-state index in [9.17, 15) is 14.7 Å². The van der Waals surface area contributed by atoms with Crippen LogP contribution in [-0.2, 0) is 11.3 Å². The highest BCUT2D eigenvalue weighted by Crippen LogP contribution is 2.29. The lowest BCUT2D eigenvalue weighted by molar-refractivity contribution is -0.139. The van der Waals surface area contributed by atoms with Gasteiger partial charge in [0.2, 0.25) is 0 Å². The Labute approximate surface area is 115 Å². The van der Waals surface area contributed by atoms with Gasteiger partial charge >= 0.3 is 5.97 Å². The normalized spacial score (nSPS) is 17.6. The Hall–Kier alpha value is -2.63. The van der Waals surface area contributed by atoms with Gasteiger partial charge in [0.25, 0.3) is 5.91 Å². The van der Waals surface area contributed by atoms with E-state index in [1.54, 1.807) is 4.90 Å². The third-order valence-electron chi connectivity index (χ3n) is 3.53. The molecular formula is C14H13N3O3. The van der Waals surface area contributed by atoms with E-state index in [1.165, 1.54) is 12.4 Å². The summed E-state index contributed by atoms with van der Waals surface area (Å²) in [6.07, 6.45) is 2.96.